The van der Waals surface area contributed by atoms with E-state index in [4.69, 9.17) is 17.0 Å². The molecule has 0 saturated carbocycles. The molecule has 1 N–H and O–H groups in total. The van der Waals surface area contributed by atoms with Crippen molar-refractivity contribution >= 4 is 46.6 Å². The Bertz CT molecular complexity index is 1470. The lowest BCUT2D eigenvalue weighted by atomic mass is 10.0. The van der Waals surface area contributed by atoms with Crippen molar-refractivity contribution in [2.75, 3.05) is 12.0 Å². The number of anilines is 1. The molecule has 0 atom stereocenters. The van der Waals surface area contributed by atoms with Crippen LogP contribution in [-0.2, 0) is 9.59 Å². The number of carbonyl (C=O) groups excluding carboxylic acids is 2. The van der Waals surface area contributed by atoms with E-state index in [1.165, 1.54) is 30.2 Å². The average molecular weight is 519 g/mol. The standard InChI is InChI=1S/C27H26N4O5S/c1-15(2)18-6-8-20(9-7-18)30-26(33)22(25(32)28-27(30)37)13-19-12-16(3)29(17(19)4)23-11-10-21(31(34)35)14-24(23)36-5/h6-15H,1-5H3,(H,28,32,37)/b22-13+. The van der Waals surface area contributed by atoms with Gasteiger partial charge in [-0.1, -0.05) is 26.0 Å². The van der Waals surface area contributed by atoms with Crippen LogP contribution in [0.1, 0.15) is 42.3 Å². The molecule has 0 aliphatic carbocycles. The number of aryl methyl sites for hydroxylation is 1. The summed E-state index contributed by atoms with van der Waals surface area (Å²) in [7, 11) is 1.44. The Labute approximate surface area is 219 Å². The Hall–Kier alpha value is -4.31. The zero-order chi connectivity index (χ0) is 27.0. The summed E-state index contributed by atoms with van der Waals surface area (Å²) in [6, 6.07) is 13.7. The summed E-state index contributed by atoms with van der Waals surface area (Å²) < 4.78 is 7.27. The van der Waals surface area contributed by atoms with E-state index in [1.54, 1.807) is 18.2 Å². The van der Waals surface area contributed by atoms with Crippen molar-refractivity contribution in [2.24, 2.45) is 0 Å². The van der Waals surface area contributed by atoms with Gasteiger partial charge in [-0.25, -0.2) is 0 Å². The van der Waals surface area contributed by atoms with Crippen LogP contribution >= 0.6 is 12.2 Å². The van der Waals surface area contributed by atoms with Crippen LogP contribution in [0, 0.1) is 24.0 Å². The number of nitro groups is 1. The van der Waals surface area contributed by atoms with E-state index in [0.717, 1.165) is 17.0 Å². The van der Waals surface area contributed by atoms with Gasteiger partial charge in [-0.05, 0) is 73.5 Å². The third-order valence-corrected chi connectivity index (χ3v) is 6.59. The van der Waals surface area contributed by atoms with Gasteiger partial charge in [0.25, 0.3) is 17.5 Å². The van der Waals surface area contributed by atoms with Crippen LogP contribution in [0.5, 0.6) is 5.75 Å². The summed E-state index contributed by atoms with van der Waals surface area (Å²) in [6.45, 7) is 7.85. The van der Waals surface area contributed by atoms with Crippen LogP contribution < -0.4 is 15.0 Å². The first-order valence-corrected chi connectivity index (χ1v) is 12.0. The molecule has 1 aromatic heterocycles. The normalized spacial score (nSPS) is 14.9. The van der Waals surface area contributed by atoms with Crippen LogP contribution in [-0.4, -0.2) is 33.5 Å². The van der Waals surface area contributed by atoms with Crippen molar-refractivity contribution in [3.63, 3.8) is 0 Å². The number of aromatic nitrogens is 1. The van der Waals surface area contributed by atoms with Crippen LogP contribution in [0.2, 0.25) is 0 Å². The van der Waals surface area contributed by atoms with Crippen LogP contribution in [0.3, 0.4) is 0 Å². The minimum atomic E-state index is -0.581. The van der Waals surface area contributed by atoms with E-state index in [1.807, 2.05) is 36.6 Å². The SMILES string of the molecule is COc1cc([N+](=O)[O-])ccc1-n1c(C)cc(/C=C2\C(=O)NC(=S)N(c3ccc(C(C)C)cc3)C2=O)c1C. The first-order valence-electron chi connectivity index (χ1n) is 11.6. The molecule has 1 aliphatic heterocycles. The molecule has 2 heterocycles. The molecular formula is C27H26N4O5S. The smallest absolute Gasteiger partial charge is 0.273 e. The van der Waals surface area contributed by atoms with Crippen molar-refractivity contribution in [1.82, 2.24) is 9.88 Å². The maximum atomic E-state index is 13.5. The monoisotopic (exact) mass is 518 g/mol. The summed E-state index contributed by atoms with van der Waals surface area (Å²) in [5, 5.41) is 13.8. The first-order chi connectivity index (χ1) is 17.5. The fourth-order valence-electron chi connectivity index (χ4n) is 4.32. The predicted octanol–water partition coefficient (Wildman–Crippen LogP) is 4.97. The Balaban J connectivity index is 1.75. The molecule has 2 aromatic carbocycles. The Morgan fingerprint density at radius 3 is 2.35 bits per heavy atom. The molecule has 1 aliphatic rings. The average Bonchev–Trinajstić information content (AvgIpc) is 3.13. The summed E-state index contributed by atoms with van der Waals surface area (Å²) in [5.41, 5.74) is 4.28. The van der Waals surface area contributed by atoms with Gasteiger partial charge in [0.05, 0.1) is 29.5 Å². The maximum absolute atomic E-state index is 13.5. The lowest BCUT2D eigenvalue weighted by Gasteiger charge is -2.29. The molecular weight excluding hydrogens is 492 g/mol. The molecule has 0 bridgehead atoms. The molecule has 10 heteroatoms. The van der Waals surface area contributed by atoms with Crippen molar-refractivity contribution in [2.45, 2.75) is 33.6 Å². The number of nitrogens with one attached hydrogen (secondary N) is 1. The van der Waals surface area contributed by atoms with Gasteiger partial charge in [-0.15, -0.1) is 0 Å². The van der Waals surface area contributed by atoms with E-state index >= 15 is 0 Å². The van der Waals surface area contributed by atoms with Crippen molar-refractivity contribution in [3.05, 3.63) is 86.7 Å². The minimum Gasteiger partial charge on any atom is -0.494 e. The highest BCUT2D eigenvalue weighted by Gasteiger charge is 2.35. The number of hydrogen-bond donors (Lipinski definition) is 1. The third-order valence-electron chi connectivity index (χ3n) is 6.30. The van der Waals surface area contributed by atoms with Gasteiger partial charge >= 0.3 is 0 Å². The number of non-ortho nitro benzene ring substituents is 1. The molecule has 1 fully saturated rings. The molecule has 0 unspecified atom stereocenters. The van der Waals surface area contributed by atoms with Crippen molar-refractivity contribution in [1.29, 1.82) is 0 Å². The highest BCUT2D eigenvalue weighted by Crippen LogP contribution is 2.32. The van der Waals surface area contributed by atoms with Crippen LogP contribution in [0.4, 0.5) is 11.4 Å². The van der Waals surface area contributed by atoms with Crippen molar-refractivity contribution < 1.29 is 19.2 Å². The molecule has 9 nitrogen and oxygen atoms in total. The summed E-state index contributed by atoms with van der Waals surface area (Å²) in [4.78, 5) is 38.3. The predicted molar refractivity (Wildman–Crippen MR) is 145 cm³/mol. The summed E-state index contributed by atoms with van der Waals surface area (Å²) >= 11 is 5.32. The molecule has 1 saturated heterocycles. The lowest BCUT2D eigenvalue weighted by Crippen LogP contribution is -2.54. The fraction of sp³-hybridized carbons (Fsp3) is 0.222. The zero-order valence-corrected chi connectivity index (χ0v) is 21.9. The van der Waals surface area contributed by atoms with Gasteiger partial charge in [-0.2, -0.15) is 0 Å². The molecule has 2 amide bonds. The zero-order valence-electron chi connectivity index (χ0n) is 21.1. The summed E-state index contributed by atoms with van der Waals surface area (Å²) in [6.07, 6.45) is 1.53. The third kappa shape index (κ3) is 4.75. The number of hydrogen-bond acceptors (Lipinski definition) is 6. The number of thiocarbonyl (C=S) groups is 1. The molecule has 37 heavy (non-hydrogen) atoms. The van der Waals surface area contributed by atoms with Gasteiger partial charge in [-0.3, -0.25) is 29.9 Å². The quantitative estimate of drug-likeness (QED) is 0.162. The van der Waals surface area contributed by atoms with E-state index < -0.39 is 16.7 Å². The van der Waals surface area contributed by atoms with E-state index in [2.05, 4.69) is 19.2 Å². The minimum absolute atomic E-state index is 0.0190. The van der Waals surface area contributed by atoms with E-state index in [9.17, 15) is 19.7 Å². The van der Waals surface area contributed by atoms with Crippen LogP contribution in [0.15, 0.2) is 54.1 Å². The fourth-order valence-corrected chi connectivity index (χ4v) is 4.61. The molecule has 0 spiro atoms. The van der Waals surface area contributed by atoms with E-state index in [-0.39, 0.29) is 16.4 Å². The lowest BCUT2D eigenvalue weighted by molar-refractivity contribution is -0.384. The highest BCUT2D eigenvalue weighted by atomic mass is 32.1. The van der Waals surface area contributed by atoms with Gasteiger partial charge in [0, 0.05) is 17.5 Å². The van der Waals surface area contributed by atoms with Gasteiger partial charge in [0.2, 0.25) is 0 Å². The number of carbonyl (C=O) groups is 2. The van der Waals surface area contributed by atoms with Crippen molar-refractivity contribution in [3.8, 4) is 11.4 Å². The topological polar surface area (TPSA) is 107 Å². The number of rotatable bonds is 6. The summed E-state index contributed by atoms with van der Waals surface area (Å²) in [5.74, 6) is -0.451. The number of nitrogens with zero attached hydrogens (tertiary/aromatic N) is 3. The van der Waals surface area contributed by atoms with Gasteiger partial charge < -0.3 is 9.30 Å². The van der Waals surface area contributed by atoms with Gasteiger partial charge in [0.1, 0.15) is 11.3 Å². The second-order valence-corrected chi connectivity index (χ2v) is 9.37. The van der Waals surface area contributed by atoms with E-state index in [0.29, 0.717) is 28.6 Å². The number of ether oxygens (including phenoxy) is 1. The largest absolute Gasteiger partial charge is 0.494 e. The highest BCUT2D eigenvalue weighted by molar-refractivity contribution is 7.80. The molecule has 4 rings (SSSR count). The number of methoxy groups -OCH3 is 1. The maximum Gasteiger partial charge on any atom is 0.273 e. The second-order valence-electron chi connectivity index (χ2n) is 8.98. The molecule has 0 radical (unpaired) electrons. The Kier molecular flexibility index (Phi) is 6.95. The van der Waals surface area contributed by atoms with Gasteiger partial charge in [0.15, 0.2) is 5.11 Å². The number of benzene rings is 2. The second kappa shape index (κ2) is 9.98. The molecule has 3 aromatic rings. The molecule has 190 valence electrons. The first kappa shape index (κ1) is 25.8. The Morgan fingerprint density at radius 1 is 1.08 bits per heavy atom. The Morgan fingerprint density at radius 2 is 1.76 bits per heavy atom. The van der Waals surface area contributed by atoms with Crippen LogP contribution in [0.25, 0.3) is 11.8 Å². The number of nitro benzene ring substituents is 1. The number of amides is 2.